The third-order valence-electron chi connectivity index (χ3n) is 2.61. The van der Waals surface area contributed by atoms with Gasteiger partial charge in [0.25, 0.3) is 5.91 Å². The van der Waals surface area contributed by atoms with Crippen LogP contribution in [0.1, 0.15) is 37.0 Å². The molecule has 0 fully saturated rings. The van der Waals surface area contributed by atoms with E-state index in [1.807, 2.05) is 0 Å². The van der Waals surface area contributed by atoms with Crippen LogP contribution in [0.15, 0.2) is 24.5 Å². The average molecular weight is 263 g/mol. The van der Waals surface area contributed by atoms with E-state index in [1.165, 1.54) is 6.20 Å². The molecule has 0 radical (unpaired) electrons. The third-order valence-corrected chi connectivity index (χ3v) is 2.61. The molecular weight excluding hydrogens is 242 g/mol. The summed E-state index contributed by atoms with van der Waals surface area (Å²) in [4.78, 5) is 26.9. The molecule has 19 heavy (non-hydrogen) atoms. The van der Waals surface area contributed by atoms with Gasteiger partial charge in [-0.15, -0.1) is 0 Å². The van der Waals surface area contributed by atoms with Crippen molar-refractivity contribution in [1.29, 1.82) is 0 Å². The molecule has 5 heteroatoms. The first-order valence-electron chi connectivity index (χ1n) is 6.54. The zero-order chi connectivity index (χ0) is 14.1. The van der Waals surface area contributed by atoms with Crippen LogP contribution in [0.5, 0.6) is 0 Å². The quantitative estimate of drug-likeness (QED) is 0.730. The van der Waals surface area contributed by atoms with E-state index in [9.17, 15) is 9.59 Å². The lowest BCUT2D eigenvalue weighted by molar-refractivity contribution is -0.121. The highest BCUT2D eigenvalue weighted by Crippen LogP contribution is 2.02. The molecule has 0 spiro atoms. The van der Waals surface area contributed by atoms with Gasteiger partial charge in [-0.2, -0.15) is 0 Å². The van der Waals surface area contributed by atoms with Crippen molar-refractivity contribution in [2.24, 2.45) is 5.92 Å². The molecule has 0 saturated carbocycles. The van der Waals surface area contributed by atoms with E-state index in [0.717, 1.165) is 6.42 Å². The smallest absolute Gasteiger partial charge is 0.252 e. The molecule has 0 bridgehead atoms. The third kappa shape index (κ3) is 6.55. The Morgan fingerprint density at radius 3 is 2.63 bits per heavy atom. The van der Waals surface area contributed by atoms with Crippen LogP contribution in [0.4, 0.5) is 0 Å². The van der Waals surface area contributed by atoms with Crippen LogP contribution in [0.25, 0.3) is 0 Å². The molecule has 1 heterocycles. The van der Waals surface area contributed by atoms with Crippen molar-refractivity contribution in [3.05, 3.63) is 30.1 Å². The first-order valence-corrected chi connectivity index (χ1v) is 6.54. The number of pyridine rings is 1. The summed E-state index contributed by atoms with van der Waals surface area (Å²) < 4.78 is 0. The van der Waals surface area contributed by atoms with Gasteiger partial charge in [-0.05, 0) is 24.5 Å². The van der Waals surface area contributed by atoms with Gasteiger partial charge in [0.05, 0.1) is 5.56 Å². The fourth-order valence-corrected chi connectivity index (χ4v) is 1.49. The molecule has 5 nitrogen and oxygen atoms in total. The second-order valence-corrected chi connectivity index (χ2v) is 4.78. The number of nitrogens with zero attached hydrogens (tertiary/aromatic N) is 1. The maximum atomic E-state index is 11.6. The van der Waals surface area contributed by atoms with E-state index in [1.54, 1.807) is 18.3 Å². The molecule has 2 amide bonds. The summed E-state index contributed by atoms with van der Waals surface area (Å²) in [5, 5.41) is 5.50. The number of carbonyl (C=O) groups excluding carboxylic acids is 2. The topological polar surface area (TPSA) is 71.1 Å². The van der Waals surface area contributed by atoms with Crippen molar-refractivity contribution >= 4 is 11.8 Å². The SMILES string of the molecule is CC(C)CCC(=O)NCCNC(=O)c1cccnc1. The van der Waals surface area contributed by atoms with E-state index in [4.69, 9.17) is 0 Å². The van der Waals surface area contributed by atoms with Crippen LogP contribution in [0.3, 0.4) is 0 Å². The Kier molecular flexibility index (Phi) is 6.57. The molecule has 0 saturated heterocycles. The second kappa shape index (κ2) is 8.24. The first-order chi connectivity index (χ1) is 9.09. The van der Waals surface area contributed by atoms with Crippen molar-refractivity contribution < 1.29 is 9.59 Å². The van der Waals surface area contributed by atoms with E-state index < -0.39 is 0 Å². The largest absolute Gasteiger partial charge is 0.354 e. The van der Waals surface area contributed by atoms with Gasteiger partial charge in [0.15, 0.2) is 0 Å². The lowest BCUT2D eigenvalue weighted by Crippen LogP contribution is -2.34. The number of hydrogen-bond acceptors (Lipinski definition) is 3. The molecule has 1 aromatic heterocycles. The minimum Gasteiger partial charge on any atom is -0.354 e. The summed E-state index contributed by atoms with van der Waals surface area (Å²) in [6.45, 7) is 5.03. The molecular formula is C14H21N3O2. The van der Waals surface area contributed by atoms with E-state index in [-0.39, 0.29) is 11.8 Å². The second-order valence-electron chi connectivity index (χ2n) is 4.78. The van der Waals surface area contributed by atoms with E-state index in [0.29, 0.717) is 31.0 Å². The summed E-state index contributed by atoms with van der Waals surface area (Å²) in [7, 11) is 0. The standard InChI is InChI=1S/C14H21N3O2/c1-11(2)5-6-13(18)16-8-9-17-14(19)12-4-3-7-15-10-12/h3-4,7,10-11H,5-6,8-9H2,1-2H3,(H,16,18)(H,17,19). The van der Waals surface area contributed by atoms with Crippen LogP contribution in [0.2, 0.25) is 0 Å². The Morgan fingerprint density at radius 2 is 2.00 bits per heavy atom. The van der Waals surface area contributed by atoms with Gasteiger partial charge in [-0.3, -0.25) is 14.6 Å². The summed E-state index contributed by atoms with van der Waals surface area (Å²) in [5.74, 6) is 0.380. The van der Waals surface area contributed by atoms with Crippen molar-refractivity contribution in [3.8, 4) is 0 Å². The summed E-state index contributed by atoms with van der Waals surface area (Å²) >= 11 is 0. The minimum absolute atomic E-state index is 0.0318. The van der Waals surface area contributed by atoms with Gasteiger partial charge < -0.3 is 10.6 Å². The highest BCUT2D eigenvalue weighted by molar-refractivity contribution is 5.93. The molecule has 0 aromatic carbocycles. The van der Waals surface area contributed by atoms with E-state index >= 15 is 0 Å². The van der Waals surface area contributed by atoms with Gasteiger partial charge in [-0.1, -0.05) is 13.8 Å². The van der Waals surface area contributed by atoms with Gasteiger partial charge >= 0.3 is 0 Å². The van der Waals surface area contributed by atoms with Crippen LogP contribution < -0.4 is 10.6 Å². The molecule has 104 valence electrons. The zero-order valence-corrected chi connectivity index (χ0v) is 11.5. The predicted octanol–water partition coefficient (Wildman–Crippen LogP) is 1.36. The predicted molar refractivity (Wildman–Crippen MR) is 73.7 cm³/mol. The fourth-order valence-electron chi connectivity index (χ4n) is 1.49. The maximum absolute atomic E-state index is 11.6. The highest BCUT2D eigenvalue weighted by atomic mass is 16.2. The van der Waals surface area contributed by atoms with Gasteiger partial charge in [0, 0.05) is 31.9 Å². The van der Waals surface area contributed by atoms with Gasteiger partial charge in [-0.25, -0.2) is 0 Å². The molecule has 0 aliphatic carbocycles. The zero-order valence-electron chi connectivity index (χ0n) is 11.5. The Balaban J connectivity index is 2.14. The number of hydrogen-bond donors (Lipinski definition) is 2. The Hall–Kier alpha value is -1.91. The van der Waals surface area contributed by atoms with E-state index in [2.05, 4.69) is 29.5 Å². The Labute approximate surface area is 113 Å². The van der Waals surface area contributed by atoms with Gasteiger partial charge in [0.2, 0.25) is 5.91 Å². The normalized spacial score (nSPS) is 10.3. The Bertz CT molecular complexity index is 404. The molecule has 0 unspecified atom stereocenters. The molecule has 0 aliphatic heterocycles. The summed E-state index contributed by atoms with van der Waals surface area (Å²) in [6, 6.07) is 3.41. The minimum atomic E-state index is -0.176. The van der Waals surface area contributed by atoms with Crippen molar-refractivity contribution in [3.63, 3.8) is 0 Å². The van der Waals surface area contributed by atoms with Crippen molar-refractivity contribution in [2.75, 3.05) is 13.1 Å². The highest BCUT2D eigenvalue weighted by Gasteiger charge is 2.05. The van der Waals surface area contributed by atoms with Crippen LogP contribution >= 0.6 is 0 Å². The fraction of sp³-hybridized carbons (Fsp3) is 0.500. The molecule has 2 N–H and O–H groups in total. The number of carbonyl (C=O) groups is 2. The van der Waals surface area contributed by atoms with Crippen molar-refractivity contribution in [2.45, 2.75) is 26.7 Å². The van der Waals surface area contributed by atoms with Crippen LogP contribution in [-0.4, -0.2) is 29.9 Å². The molecule has 1 rings (SSSR count). The lowest BCUT2D eigenvalue weighted by atomic mass is 10.1. The van der Waals surface area contributed by atoms with Gasteiger partial charge in [0.1, 0.15) is 0 Å². The number of aromatic nitrogens is 1. The lowest BCUT2D eigenvalue weighted by Gasteiger charge is -2.08. The molecule has 0 aliphatic rings. The number of amides is 2. The average Bonchev–Trinajstić information content (AvgIpc) is 2.42. The summed E-state index contributed by atoms with van der Waals surface area (Å²) in [6.07, 6.45) is 4.55. The molecule has 1 aromatic rings. The summed E-state index contributed by atoms with van der Waals surface area (Å²) in [5.41, 5.74) is 0.522. The Morgan fingerprint density at radius 1 is 1.26 bits per heavy atom. The number of rotatable bonds is 7. The first kappa shape index (κ1) is 15.1. The monoisotopic (exact) mass is 263 g/mol. The van der Waals surface area contributed by atoms with Crippen molar-refractivity contribution in [1.82, 2.24) is 15.6 Å². The van der Waals surface area contributed by atoms with Crippen LogP contribution in [0, 0.1) is 5.92 Å². The molecule has 0 atom stereocenters. The van der Waals surface area contributed by atoms with Crippen LogP contribution in [-0.2, 0) is 4.79 Å². The number of nitrogens with one attached hydrogen (secondary N) is 2. The maximum Gasteiger partial charge on any atom is 0.252 e.